The van der Waals surface area contributed by atoms with Crippen LogP contribution in [0, 0.1) is 11.7 Å². The molecule has 1 unspecified atom stereocenters. The first-order valence-corrected chi connectivity index (χ1v) is 7.29. The van der Waals surface area contributed by atoms with E-state index in [1.165, 1.54) is 30.0 Å². The molecule has 0 aliphatic carbocycles. The number of hydrogen-bond donors (Lipinski definition) is 0. The van der Waals surface area contributed by atoms with Crippen molar-refractivity contribution < 1.29 is 14.0 Å². The maximum absolute atomic E-state index is 13.3. The third-order valence-corrected chi connectivity index (χ3v) is 3.80. The molecule has 1 aromatic carbocycles. The number of likely N-dealkylation sites (tertiary alicyclic amines) is 1. The summed E-state index contributed by atoms with van der Waals surface area (Å²) in [6.07, 6.45) is 2.12. The van der Waals surface area contributed by atoms with E-state index in [-0.39, 0.29) is 18.4 Å². The van der Waals surface area contributed by atoms with Crippen LogP contribution < -0.4 is 4.90 Å². The fourth-order valence-corrected chi connectivity index (χ4v) is 2.68. The van der Waals surface area contributed by atoms with E-state index in [9.17, 15) is 14.0 Å². The van der Waals surface area contributed by atoms with Crippen molar-refractivity contribution in [2.24, 2.45) is 5.92 Å². The summed E-state index contributed by atoms with van der Waals surface area (Å²) >= 11 is 0. The first-order valence-electron chi connectivity index (χ1n) is 7.29. The molecule has 1 atom stereocenters. The van der Waals surface area contributed by atoms with Crippen LogP contribution in [0.3, 0.4) is 0 Å². The highest BCUT2D eigenvalue weighted by atomic mass is 19.1. The van der Waals surface area contributed by atoms with Crippen molar-refractivity contribution in [2.45, 2.75) is 26.7 Å². The molecule has 0 spiro atoms. The zero-order valence-corrected chi connectivity index (χ0v) is 12.5. The summed E-state index contributed by atoms with van der Waals surface area (Å²) in [6, 6.07) is 5.76. The summed E-state index contributed by atoms with van der Waals surface area (Å²) in [6.45, 7) is 4.93. The molecule has 2 amide bonds. The van der Waals surface area contributed by atoms with Gasteiger partial charge in [0.2, 0.25) is 11.8 Å². The monoisotopic (exact) mass is 292 g/mol. The van der Waals surface area contributed by atoms with E-state index in [1.807, 2.05) is 0 Å². The minimum Gasteiger partial charge on any atom is -0.341 e. The lowest BCUT2D eigenvalue weighted by Gasteiger charge is -2.32. The second-order valence-electron chi connectivity index (χ2n) is 5.67. The average Bonchev–Trinajstić information content (AvgIpc) is 2.44. The van der Waals surface area contributed by atoms with E-state index in [0.29, 0.717) is 11.6 Å². The van der Waals surface area contributed by atoms with Gasteiger partial charge in [-0.15, -0.1) is 0 Å². The topological polar surface area (TPSA) is 40.6 Å². The van der Waals surface area contributed by atoms with Gasteiger partial charge >= 0.3 is 0 Å². The number of carbonyl (C=O) groups is 2. The molecular formula is C16H21FN2O2. The van der Waals surface area contributed by atoms with Gasteiger partial charge in [-0.2, -0.15) is 0 Å². The van der Waals surface area contributed by atoms with Gasteiger partial charge < -0.3 is 9.80 Å². The molecule has 0 radical (unpaired) electrons. The van der Waals surface area contributed by atoms with Crippen LogP contribution in [0.1, 0.15) is 26.7 Å². The molecule has 21 heavy (non-hydrogen) atoms. The first-order chi connectivity index (χ1) is 9.97. The van der Waals surface area contributed by atoms with Crippen LogP contribution >= 0.6 is 0 Å². The maximum Gasteiger partial charge on any atom is 0.242 e. The Morgan fingerprint density at radius 2 is 2.19 bits per heavy atom. The summed E-state index contributed by atoms with van der Waals surface area (Å²) < 4.78 is 13.3. The maximum atomic E-state index is 13.3. The molecule has 1 fully saturated rings. The van der Waals surface area contributed by atoms with Crippen molar-refractivity contribution in [3.8, 4) is 0 Å². The quantitative estimate of drug-likeness (QED) is 0.858. The molecule has 0 N–H and O–H groups in total. The predicted molar refractivity (Wildman–Crippen MR) is 79.4 cm³/mol. The zero-order valence-electron chi connectivity index (χ0n) is 12.5. The summed E-state index contributed by atoms with van der Waals surface area (Å²) in [5.41, 5.74) is 0.418. The number of nitrogens with zero attached hydrogens (tertiary/aromatic N) is 2. The van der Waals surface area contributed by atoms with E-state index < -0.39 is 5.82 Å². The van der Waals surface area contributed by atoms with Gasteiger partial charge in [0.15, 0.2) is 0 Å². The minimum atomic E-state index is -0.419. The summed E-state index contributed by atoms with van der Waals surface area (Å²) in [5, 5.41) is 0. The van der Waals surface area contributed by atoms with E-state index >= 15 is 0 Å². The Hall–Kier alpha value is -1.91. The smallest absolute Gasteiger partial charge is 0.242 e. The normalized spacial score (nSPS) is 18.4. The van der Waals surface area contributed by atoms with Gasteiger partial charge in [-0.05, 0) is 37.0 Å². The molecule has 4 nitrogen and oxygen atoms in total. The number of carbonyl (C=O) groups excluding carboxylic acids is 2. The highest BCUT2D eigenvalue weighted by molar-refractivity contribution is 5.97. The Labute approximate surface area is 124 Å². The van der Waals surface area contributed by atoms with Gasteiger partial charge in [0.05, 0.1) is 0 Å². The van der Waals surface area contributed by atoms with Crippen molar-refractivity contribution in [3.63, 3.8) is 0 Å². The molecule has 0 aromatic heterocycles. The van der Waals surface area contributed by atoms with Crippen molar-refractivity contribution in [1.82, 2.24) is 4.90 Å². The van der Waals surface area contributed by atoms with Gasteiger partial charge in [0.1, 0.15) is 12.4 Å². The number of anilines is 1. The second-order valence-corrected chi connectivity index (χ2v) is 5.67. The third kappa shape index (κ3) is 4.03. The average molecular weight is 292 g/mol. The Morgan fingerprint density at radius 3 is 2.81 bits per heavy atom. The standard InChI is InChI=1S/C16H21FN2O2/c1-12-5-4-8-18(10-12)16(21)11-19(13(2)20)15-7-3-6-14(17)9-15/h3,6-7,9,12H,4-5,8,10-11H2,1-2H3. The largest absolute Gasteiger partial charge is 0.341 e. The number of amides is 2. The summed E-state index contributed by atoms with van der Waals surface area (Å²) in [4.78, 5) is 27.2. The molecule has 1 aliphatic rings. The van der Waals surface area contributed by atoms with Crippen LogP contribution in [0.2, 0.25) is 0 Å². The van der Waals surface area contributed by atoms with Crippen LogP contribution in [0.5, 0.6) is 0 Å². The Morgan fingerprint density at radius 1 is 1.43 bits per heavy atom. The second kappa shape index (κ2) is 6.70. The molecule has 1 saturated heterocycles. The molecule has 0 saturated carbocycles. The Bertz CT molecular complexity index is 533. The van der Waals surface area contributed by atoms with Crippen LogP contribution in [-0.2, 0) is 9.59 Å². The highest BCUT2D eigenvalue weighted by Crippen LogP contribution is 2.18. The van der Waals surface area contributed by atoms with Crippen molar-refractivity contribution in [3.05, 3.63) is 30.1 Å². The molecule has 1 aliphatic heterocycles. The van der Waals surface area contributed by atoms with Crippen LogP contribution in [-0.4, -0.2) is 36.3 Å². The van der Waals surface area contributed by atoms with E-state index in [0.717, 1.165) is 25.9 Å². The Balaban J connectivity index is 2.09. The number of hydrogen-bond acceptors (Lipinski definition) is 2. The molecule has 0 bridgehead atoms. The summed E-state index contributed by atoms with van der Waals surface area (Å²) in [7, 11) is 0. The fraction of sp³-hybridized carbons (Fsp3) is 0.500. The minimum absolute atomic E-state index is 0.0362. The predicted octanol–water partition coefficient (Wildman–Crippen LogP) is 2.44. The lowest BCUT2D eigenvalue weighted by Crippen LogP contribution is -2.46. The molecule has 1 aromatic rings. The van der Waals surface area contributed by atoms with Crippen molar-refractivity contribution in [1.29, 1.82) is 0 Å². The zero-order chi connectivity index (χ0) is 15.4. The molecule has 2 rings (SSSR count). The summed E-state index contributed by atoms with van der Waals surface area (Å²) in [5.74, 6) is -0.277. The number of rotatable bonds is 3. The number of halogens is 1. The number of benzene rings is 1. The third-order valence-electron chi connectivity index (χ3n) is 3.80. The van der Waals surface area contributed by atoms with Gasteiger partial charge in [0.25, 0.3) is 0 Å². The van der Waals surface area contributed by atoms with Crippen LogP contribution in [0.15, 0.2) is 24.3 Å². The van der Waals surface area contributed by atoms with Gasteiger partial charge in [-0.25, -0.2) is 4.39 Å². The fourth-order valence-electron chi connectivity index (χ4n) is 2.68. The lowest BCUT2D eigenvalue weighted by molar-refractivity contribution is -0.132. The van der Waals surface area contributed by atoms with E-state index in [1.54, 1.807) is 11.0 Å². The van der Waals surface area contributed by atoms with E-state index in [4.69, 9.17) is 0 Å². The molecular weight excluding hydrogens is 271 g/mol. The highest BCUT2D eigenvalue weighted by Gasteiger charge is 2.24. The number of piperidine rings is 1. The van der Waals surface area contributed by atoms with Gasteiger partial charge in [0, 0.05) is 25.7 Å². The molecule has 5 heteroatoms. The molecule has 1 heterocycles. The van der Waals surface area contributed by atoms with Crippen molar-refractivity contribution >= 4 is 17.5 Å². The molecule has 114 valence electrons. The van der Waals surface area contributed by atoms with Crippen molar-refractivity contribution in [2.75, 3.05) is 24.5 Å². The SMILES string of the molecule is CC(=O)N(CC(=O)N1CCCC(C)C1)c1cccc(F)c1. The van der Waals surface area contributed by atoms with Gasteiger partial charge in [-0.3, -0.25) is 9.59 Å². The van der Waals surface area contributed by atoms with E-state index in [2.05, 4.69) is 6.92 Å². The lowest BCUT2D eigenvalue weighted by atomic mass is 10.0. The first kappa shape index (κ1) is 15.5. The van der Waals surface area contributed by atoms with Crippen LogP contribution in [0.4, 0.5) is 10.1 Å². The van der Waals surface area contributed by atoms with Gasteiger partial charge in [-0.1, -0.05) is 13.0 Å². The Kier molecular flexibility index (Phi) is 4.94. The van der Waals surface area contributed by atoms with Crippen LogP contribution in [0.25, 0.3) is 0 Å².